The topological polar surface area (TPSA) is 96.7 Å². The second kappa shape index (κ2) is 4.85. The Balaban J connectivity index is 1.90. The molecule has 0 saturated carbocycles. The van der Waals surface area contributed by atoms with Gasteiger partial charge in [-0.05, 0) is 12.2 Å². The fourth-order valence-corrected chi connectivity index (χ4v) is 3.04. The Kier molecular flexibility index (Phi) is 3.13. The Morgan fingerprint density at radius 2 is 2.24 bits per heavy atom. The summed E-state index contributed by atoms with van der Waals surface area (Å²) in [6, 6.07) is 1.65. The number of sulfonamides is 1. The number of nitrogens with one attached hydrogen (secondary N) is 1. The molecule has 0 unspecified atom stereocenters. The monoisotopic (exact) mass is 307 g/mol. The molecule has 1 aromatic rings. The predicted molar refractivity (Wildman–Crippen MR) is 77.0 cm³/mol. The number of amidine groups is 1. The van der Waals surface area contributed by atoms with Crippen LogP contribution in [0.1, 0.15) is 0 Å². The first-order valence-electron chi connectivity index (χ1n) is 6.24. The van der Waals surface area contributed by atoms with E-state index in [9.17, 15) is 13.2 Å². The molecule has 3 rings (SSSR count). The van der Waals surface area contributed by atoms with Crippen LogP contribution in [0.3, 0.4) is 0 Å². The summed E-state index contributed by atoms with van der Waals surface area (Å²) in [7, 11) is -1.78. The number of aromatic nitrogens is 2. The van der Waals surface area contributed by atoms with Gasteiger partial charge in [-0.3, -0.25) is 9.48 Å². The number of hydrogen-bond acceptors (Lipinski definition) is 5. The van der Waals surface area contributed by atoms with Gasteiger partial charge in [-0.1, -0.05) is 0 Å². The van der Waals surface area contributed by atoms with Crippen molar-refractivity contribution in [1.29, 1.82) is 0 Å². The first kappa shape index (κ1) is 13.6. The number of rotatable bonds is 2. The number of allylic oxidation sites excluding steroid dienone is 2. The molecule has 0 saturated heterocycles. The van der Waals surface area contributed by atoms with Gasteiger partial charge in [0.25, 0.3) is 15.9 Å². The fraction of sp³-hybridized carbons (Fsp3) is 0.250. The molecule has 8 nitrogen and oxygen atoms in total. The molecule has 0 aromatic carbocycles. The van der Waals surface area contributed by atoms with E-state index in [-0.39, 0.29) is 23.7 Å². The lowest BCUT2D eigenvalue weighted by Gasteiger charge is -2.28. The Bertz CT molecular complexity index is 788. The molecule has 0 bridgehead atoms. The highest BCUT2D eigenvalue weighted by atomic mass is 32.2. The molecule has 2 aliphatic rings. The summed E-state index contributed by atoms with van der Waals surface area (Å²) in [4.78, 5) is 13.9. The number of fused-ring (bicyclic) bond motifs is 1. The smallest absolute Gasteiger partial charge is 0.260 e. The molecule has 0 fully saturated rings. The number of nitrogens with zero attached hydrogens (tertiary/aromatic N) is 4. The van der Waals surface area contributed by atoms with Gasteiger partial charge in [0.05, 0.1) is 11.3 Å². The number of amides is 1. The summed E-state index contributed by atoms with van der Waals surface area (Å²) in [5, 5.41) is 6.66. The van der Waals surface area contributed by atoms with Gasteiger partial charge in [0.1, 0.15) is 0 Å². The van der Waals surface area contributed by atoms with E-state index in [2.05, 4.69) is 14.8 Å². The molecule has 21 heavy (non-hydrogen) atoms. The molecule has 1 aromatic heterocycles. The Morgan fingerprint density at radius 3 is 2.95 bits per heavy atom. The van der Waals surface area contributed by atoms with Crippen molar-refractivity contribution in [1.82, 2.24) is 14.7 Å². The van der Waals surface area contributed by atoms with Crippen LogP contribution in [0.2, 0.25) is 0 Å². The molecule has 1 N–H and O–H groups in total. The molecule has 0 spiro atoms. The number of anilines is 1. The Morgan fingerprint density at radius 1 is 1.43 bits per heavy atom. The SMILES string of the molecule is Cn1ccc(NC(=O)C2=CC=CN3CCS(=O)(=O)N=C23)n1. The van der Waals surface area contributed by atoms with Crippen LogP contribution in [0, 0.1) is 0 Å². The van der Waals surface area contributed by atoms with E-state index in [4.69, 9.17) is 0 Å². The van der Waals surface area contributed by atoms with E-state index in [0.717, 1.165) is 0 Å². The molecule has 0 aliphatic carbocycles. The standard InChI is InChI=1S/C12H13N5O3S/c1-16-6-4-10(14-16)13-12(18)9-3-2-5-17-7-8-21(19,20)15-11(9)17/h2-6H,7-8H2,1H3,(H,13,14,18). The lowest BCUT2D eigenvalue weighted by molar-refractivity contribution is -0.112. The Hall–Kier alpha value is -2.42. The highest BCUT2D eigenvalue weighted by molar-refractivity contribution is 7.90. The first-order chi connectivity index (χ1) is 9.94. The number of aryl methyl sites for hydroxylation is 1. The second-order valence-electron chi connectivity index (χ2n) is 4.64. The van der Waals surface area contributed by atoms with Gasteiger partial charge in [-0.25, -0.2) is 8.42 Å². The molecule has 1 amide bonds. The molecule has 110 valence electrons. The minimum Gasteiger partial charge on any atom is -0.331 e. The van der Waals surface area contributed by atoms with Crippen LogP contribution in [0.5, 0.6) is 0 Å². The Labute approximate surface area is 121 Å². The van der Waals surface area contributed by atoms with Gasteiger partial charge in [0.2, 0.25) is 0 Å². The van der Waals surface area contributed by atoms with Crippen LogP contribution in [0.4, 0.5) is 5.82 Å². The average molecular weight is 307 g/mol. The zero-order valence-electron chi connectivity index (χ0n) is 11.2. The summed E-state index contributed by atoms with van der Waals surface area (Å²) in [6.07, 6.45) is 6.61. The van der Waals surface area contributed by atoms with Gasteiger partial charge in [-0.2, -0.15) is 5.10 Å². The molecule has 0 atom stereocenters. The van der Waals surface area contributed by atoms with E-state index >= 15 is 0 Å². The molecule has 0 radical (unpaired) electrons. The predicted octanol–water partition coefficient (Wildman–Crippen LogP) is -0.144. The molecular weight excluding hydrogens is 294 g/mol. The summed E-state index contributed by atoms with van der Waals surface area (Å²) in [6.45, 7) is 0.284. The second-order valence-corrected chi connectivity index (χ2v) is 6.40. The van der Waals surface area contributed by atoms with Crippen molar-refractivity contribution in [3.8, 4) is 0 Å². The zero-order valence-corrected chi connectivity index (χ0v) is 12.0. The number of hydrogen-bond donors (Lipinski definition) is 1. The van der Waals surface area contributed by atoms with Crippen LogP contribution in [0.15, 0.2) is 40.6 Å². The van der Waals surface area contributed by atoms with Crippen molar-refractivity contribution < 1.29 is 13.2 Å². The van der Waals surface area contributed by atoms with E-state index < -0.39 is 15.9 Å². The third-order valence-corrected chi connectivity index (χ3v) is 4.21. The van der Waals surface area contributed by atoms with Gasteiger partial charge in [-0.15, -0.1) is 4.40 Å². The molecule has 3 heterocycles. The molecule has 2 aliphatic heterocycles. The molecule has 9 heteroatoms. The van der Waals surface area contributed by atoms with Gasteiger partial charge < -0.3 is 10.2 Å². The lowest BCUT2D eigenvalue weighted by atomic mass is 10.1. The number of carbonyl (C=O) groups excluding carboxylic acids is 1. The van der Waals surface area contributed by atoms with Crippen LogP contribution >= 0.6 is 0 Å². The summed E-state index contributed by atoms with van der Waals surface area (Å²) in [5.41, 5.74) is 0.200. The van der Waals surface area contributed by atoms with E-state index in [0.29, 0.717) is 5.82 Å². The quantitative estimate of drug-likeness (QED) is 0.820. The van der Waals surface area contributed by atoms with E-state index in [1.807, 2.05) is 0 Å². The largest absolute Gasteiger partial charge is 0.331 e. The maximum Gasteiger partial charge on any atom is 0.260 e. The van der Waals surface area contributed by atoms with E-state index in [1.54, 1.807) is 41.2 Å². The highest BCUT2D eigenvalue weighted by Gasteiger charge is 2.30. The summed E-state index contributed by atoms with van der Waals surface area (Å²) < 4.78 is 28.5. The minimum absolute atomic E-state index is 0.0595. The van der Waals surface area contributed by atoms with Crippen molar-refractivity contribution >= 4 is 27.6 Å². The van der Waals surface area contributed by atoms with Crippen molar-refractivity contribution in [2.45, 2.75) is 0 Å². The fourth-order valence-electron chi connectivity index (χ4n) is 2.06. The summed E-state index contributed by atoms with van der Waals surface area (Å²) in [5.74, 6) is 0.0375. The van der Waals surface area contributed by atoms with Crippen LogP contribution in [-0.2, 0) is 21.9 Å². The third kappa shape index (κ3) is 2.72. The average Bonchev–Trinajstić information content (AvgIpc) is 2.82. The maximum atomic E-state index is 12.3. The first-order valence-corrected chi connectivity index (χ1v) is 7.85. The van der Waals surface area contributed by atoms with Crippen LogP contribution < -0.4 is 5.32 Å². The van der Waals surface area contributed by atoms with Crippen molar-refractivity contribution in [3.05, 3.63) is 36.2 Å². The van der Waals surface area contributed by atoms with E-state index in [1.165, 1.54) is 6.08 Å². The number of carbonyl (C=O) groups is 1. The van der Waals surface area contributed by atoms with Crippen molar-refractivity contribution in [2.75, 3.05) is 17.6 Å². The molecular formula is C12H13N5O3S. The highest BCUT2D eigenvalue weighted by Crippen LogP contribution is 2.18. The van der Waals surface area contributed by atoms with Gasteiger partial charge in [0.15, 0.2) is 11.7 Å². The van der Waals surface area contributed by atoms with Crippen LogP contribution in [-0.4, -0.2) is 47.1 Å². The third-order valence-electron chi connectivity index (χ3n) is 3.06. The minimum atomic E-state index is -3.52. The summed E-state index contributed by atoms with van der Waals surface area (Å²) >= 11 is 0. The normalized spacial score (nSPS) is 19.6. The maximum absolute atomic E-state index is 12.3. The van der Waals surface area contributed by atoms with Crippen molar-refractivity contribution in [3.63, 3.8) is 0 Å². The van der Waals surface area contributed by atoms with Crippen molar-refractivity contribution in [2.24, 2.45) is 11.4 Å². The van der Waals surface area contributed by atoms with Crippen LogP contribution in [0.25, 0.3) is 0 Å². The zero-order chi connectivity index (χ0) is 15.0. The lowest BCUT2D eigenvalue weighted by Crippen LogP contribution is -2.40. The van der Waals surface area contributed by atoms with Gasteiger partial charge in [0, 0.05) is 32.1 Å². The van der Waals surface area contributed by atoms with Gasteiger partial charge >= 0.3 is 0 Å².